The summed E-state index contributed by atoms with van der Waals surface area (Å²) in [6, 6.07) is 8.16. The number of anilines is 2. The van der Waals surface area contributed by atoms with Crippen molar-refractivity contribution in [2.75, 3.05) is 30.9 Å². The van der Waals surface area contributed by atoms with Gasteiger partial charge in [-0.05, 0) is 37.6 Å². The summed E-state index contributed by atoms with van der Waals surface area (Å²) in [5.41, 5.74) is 1.29. The molecule has 1 amide bonds. The lowest BCUT2D eigenvalue weighted by molar-refractivity contribution is 0.0600. The van der Waals surface area contributed by atoms with Gasteiger partial charge in [0.25, 0.3) is 5.91 Å². The zero-order valence-corrected chi connectivity index (χ0v) is 15.6. The van der Waals surface area contributed by atoms with Crippen LogP contribution in [0.3, 0.4) is 0 Å². The van der Waals surface area contributed by atoms with Crippen molar-refractivity contribution < 1.29 is 14.3 Å². The van der Waals surface area contributed by atoms with Crippen molar-refractivity contribution in [3.8, 4) is 0 Å². The fourth-order valence-corrected chi connectivity index (χ4v) is 2.38. The smallest absolute Gasteiger partial charge is 0.337 e. The number of nitrogens with zero attached hydrogens (tertiary/aromatic N) is 3. The highest BCUT2D eigenvalue weighted by Crippen LogP contribution is 2.15. The predicted molar refractivity (Wildman–Crippen MR) is 101 cm³/mol. The zero-order valence-electron chi connectivity index (χ0n) is 15.6. The molecule has 1 N–H and O–H groups in total. The molecule has 0 radical (unpaired) electrons. The summed E-state index contributed by atoms with van der Waals surface area (Å²) < 4.78 is 4.66. The number of aryl methyl sites for hydroxylation is 1. The fourth-order valence-electron chi connectivity index (χ4n) is 2.38. The number of hydrogen-bond donors (Lipinski definition) is 1. The van der Waals surface area contributed by atoms with Gasteiger partial charge in [0.05, 0.1) is 12.7 Å². The number of aromatic nitrogens is 2. The Morgan fingerprint density at radius 1 is 1.19 bits per heavy atom. The van der Waals surface area contributed by atoms with E-state index in [4.69, 9.17) is 0 Å². The second-order valence-electron chi connectivity index (χ2n) is 5.96. The Balaban J connectivity index is 2.13. The van der Waals surface area contributed by atoms with E-state index < -0.39 is 5.97 Å². The van der Waals surface area contributed by atoms with Gasteiger partial charge in [0, 0.05) is 25.3 Å². The van der Waals surface area contributed by atoms with Gasteiger partial charge < -0.3 is 15.0 Å². The number of carbonyl (C=O) groups excluding carboxylic acids is 2. The Hall–Kier alpha value is -2.96. The van der Waals surface area contributed by atoms with Gasteiger partial charge in [-0.15, -0.1) is 0 Å². The van der Waals surface area contributed by atoms with E-state index in [9.17, 15) is 9.59 Å². The second-order valence-corrected chi connectivity index (χ2v) is 5.96. The molecule has 0 fully saturated rings. The van der Waals surface area contributed by atoms with Gasteiger partial charge in [-0.25, -0.2) is 14.8 Å². The largest absolute Gasteiger partial charge is 0.465 e. The summed E-state index contributed by atoms with van der Waals surface area (Å²) in [5, 5.41) is 2.78. The highest BCUT2D eigenvalue weighted by molar-refractivity contribution is 6.03. The molecule has 0 bridgehead atoms. The van der Waals surface area contributed by atoms with Crippen molar-refractivity contribution in [2.24, 2.45) is 0 Å². The number of nitrogens with one attached hydrogen (secondary N) is 1. The summed E-state index contributed by atoms with van der Waals surface area (Å²) in [4.78, 5) is 34.6. The molecule has 0 aliphatic heterocycles. The summed E-state index contributed by atoms with van der Waals surface area (Å²) in [5.74, 6) is 0.509. The maximum Gasteiger partial charge on any atom is 0.337 e. The molecular formula is C19H24N4O3. The zero-order chi connectivity index (χ0) is 19.1. The Morgan fingerprint density at radius 3 is 2.50 bits per heavy atom. The summed E-state index contributed by atoms with van der Waals surface area (Å²) in [7, 11) is 3.27. The molecule has 2 aromatic rings. The van der Waals surface area contributed by atoms with Crippen molar-refractivity contribution >= 4 is 23.4 Å². The normalized spacial score (nSPS) is 10.3. The first-order chi connectivity index (χ1) is 12.4. The Morgan fingerprint density at radius 2 is 1.88 bits per heavy atom. The topological polar surface area (TPSA) is 84.4 Å². The Labute approximate surface area is 153 Å². The van der Waals surface area contributed by atoms with Crippen LogP contribution in [-0.4, -0.2) is 42.5 Å². The maximum atomic E-state index is 12.5. The lowest BCUT2D eigenvalue weighted by Gasteiger charge is -2.18. The lowest BCUT2D eigenvalue weighted by Crippen LogP contribution is -2.22. The SMILES string of the molecule is CCCCN(C)c1cc(C(=O)Nc2ccc(C(=O)OC)cc2)nc(C)n1. The van der Waals surface area contributed by atoms with Crippen LogP contribution in [-0.2, 0) is 4.74 Å². The van der Waals surface area contributed by atoms with Gasteiger partial charge in [-0.2, -0.15) is 0 Å². The van der Waals surface area contributed by atoms with Gasteiger partial charge >= 0.3 is 5.97 Å². The number of rotatable bonds is 7. The minimum atomic E-state index is -0.422. The van der Waals surface area contributed by atoms with Crippen LogP contribution >= 0.6 is 0 Å². The molecule has 138 valence electrons. The quantitative estimate of drug-likeness (QED) is 0.768. The second kappa shape index (κ2) is 8.94. The first kappa shape index (κ1) is 19.4. The van der Waals surface area contributed by atoms with Crippen LogP contribution in [0.5, 0.6) is 0 Å². The van der Waals surface area contributed by atoms with Crippen LogP contribution in [0.2, 0.25) is 0 Å². The van der Waals surface area contributed by atoms with Gasteiger partial charge in [0.15, 0.2) is 0 Å². The molecule has 1 aromatic carbocycles. The average molecular weight is 356 g/mol. The molecule has 0 unspecified atom stereocenters. The fraction of sp³-hybridized carbons (Fsp3) is 0.368. The van der Waals surface area contributed by atoms with E-state index in [1.54, 1.807) is 37.3 Å². The van der Waals surface area contributed by atoms with E-state index in [0.29, 0.717) is 22.8 Å². The monoisotopic (exact) mass is 356 g/mol. The third kappa shape index (κ3) is 5.02. The van der Waals surface area contributed by atoms with Crippen LogP contribution in [0.4, 0.5) is 11.5 Å². The number of esters is 1. The number of benzene rings is 1. The predicted octanol–water partition coefficient (Wildman–Crippen LogP) is 3.06. The van der Waals surface area contributed by atoms with E-state index in [0.717, 1.165) is 25.2 Å². The van der Waals surface area contributed by atoms with Crippen LogP contribution in [0.25, 0.3) is 0 Å². The van der Waals surface area contributed by atoms with Crippen molar-refractivity contribution in [2.45, 2.75) is 26.7 Å². The number of carbonyl (C=O) groups is 2. The molecule has 7 heteroatoms. The molecule has 0 aliphatic carbocycles. The van der Waals surface area contributed by atoms with Gasteiger partial charge in [-0.3, -0.25) is 4.79 Å². The molecule has 2 rings (SSSR count). The molecule has 7 nitrogen and oxygen atoms in total. The Kier molecular flexibility index (Phi) is 6.66. The molecule has 0 saturated heterocycles. The first-order valence-corrected chi connectivity index (χ1v) is 8.51. The molecule has 0 atom stereocenters. The van der Waals surface area contributed by atoms with E-state index in [-0.39, 0.29) is 5.91 Å². The minimum Gasteiger partial charge on any atom is -0.465 e. The number of unbranched alkanes of at least 4 members (excludes halogenated alkanes) is 1. The minimum absolute atomic E-state index is 0.299. The molecule has 1 heterocycles. The third-order valence-electron chi connectivity index (χ3n) is 3.86. The molecule has 0 saturated carbocycles. The molecule has 0 aliphatic rings. The number of amides is 1. The number of methoxy groups -OCH3 is 1. The van der Waals surface area contributed by atoms with E-state index in [2.05, 4.69) is 26.9 Å². The highest BCUT2D eigenvalue weighted by atomic mass is 16.5. The van der Waals surface area contributed by atoms with Crippen molar-refractivity contribution in [3.63, 3.8) is 0 Å². The number of hydrogen-bond acceptors (Lipinski definition) is 6. The standard InChI is InChI=1S/C19H24N4O3/c1-5-6-11-23(3)17-12-16(20-13(2)21-17)18(24)22-15-9-7-14(8-10-15)19(25)26-4/h7-10,12H,5-6,11H2,1-4H3,(H,22,24). The Bertz CT molecular complexity index is 775. The first-order valence-electron chi connectivity index (χ1n) is 8.51. The van der Waals surface area contributed by atoms with Crippen LogP contribution in [0.15, 0.2) is 30.3 Å². The van der Waals surface area contributed by atoms with Crippen LogP contribution in [0.1, 0.15) is 46.4 Å². The third-order valence-corrected chi connectivity index (χ3v) is 3.86. The van der Waals surface area contributed by atoms with E-state index in [1.165, 1.54) is 7.11 Å². The lowest BCUT2D eigenvalue weighted by atomic mass is 10.2. The van der Waals surface area contributed by atoms with Crippen molar-refractivity contribution in [3.05, 3.63) is 47.4 Å². The van der Waals surface area contributed by atoms with Crippen LogP contribution in [0, 0.1) is 6.92 Å². The van der Waals surface area contributed by atoms with Gasteiger partial charge in [0.1, 0.15) is 17.3 Å². The van der Waals surface area contributed by atoms with Gasteiger partial charge in [-0.1, -0.05) is 13.3 Å². The molecular weight excluding hydrogens is 332 g/mol. The highest BCUT2D eigenvalue weighted by Gasteiger charge is 2.13. The van der Waals surface area contributed by atoms with E-state index in [1.807, 2.05) is 11.9 Å². The summed E-state index contributed by atoms with van der Waals surface area (Å²) >= 11 is 0. The number of ether oxygens (including phenoxy) is 1. The molecule has 26 heavy (non-hydrogen) atoms. The molecule has 0 spiro atoms. The average Bonchev–Trinajstić information content (AvgIpc) is 2.65. The maximum absolute atomic E-state index is 12.5. The van der Waals surface area contributed by atoms with Gasteiger partial charge in [0.2, 0.25) is 0 Å². The van der Waals surface area contributed by atoms with Crippen molar-refractivity contribution in [1.29, 1.82) is 0 Å². The summed E-state index contributed by atoms with van der Waals surface area (Å²) in [6.45, 7) is 4.76. The summed E-state index contributed by atoms with van der Waals surface area (Å²) in [6.07, 6.45) is 2.14. The molecule has 1 aromatic heterocycles. The van der Waals surface area contributed by atoms with Crippen LogP contribution < -0.4 is 10.2 Å². The van der Waals surface area contributed by atoms with Crippen molar-refractivity contribution in [1.82, 2.24) is 9.97 Å². The van der Waals surface area contributed by atoms with E-state index >= 15 is 0 Å².